The summed E-state index contributed by atoms with van der Waals surface area (Å²) < 4.78 is 11.6. The Hall–Kier alpha value is -2.32. The van der Waals surface area contributed by atoms with Crippen molar-refractivity contribution in [3.05, 3.63) is 24.3 Å². The minimum atomic E-state index is -0.185. The van der Waals surface area contributed by atoms with E-state index in [1.165, 1.54) is 7.11 Å². The second-order valence-electron chi connectivity index (χ2n) is 7.16. The van der Waals surface area contributed by atoms with Gasteiger partial charge in [-0.25, -0.2) is 10.3 Å². The highest BCUT2D eigenvalue weighted by atomic mass is 16.6. The number of urea groups is 1. The quantitative estimate of drug-likeness (QED) is 0.728. The number of carbonyl (C=O) groups is 2. The molecule has 0 radical (unpaired) electrons. The van der Waals surface area contributed by atoms with Gasteiger partial charge in [-0.15, -0.1) is 0 Å². The van der Waals surface area contributed by atoms with E-state index in [1.54, 1.807) is 4.90 Å². The van der Waals surface area contributed by atoms with Gasteiger partial charge in [0.25, 0.3) is 0 Å². The van der Waals surface area contributed by atoms with Crippen molar-refractivity contribution in [1.29, 1.82) is 0 Å². The number of benzene rings is 1. The summed E-state index contributed by atoms with van der Waals surface area (Å²) >= 11 is 0. The molecule has 0 aromatic heterocycles. The van der Waals surface area contributed by atoms with Crippen LogP contribution in [0.25, 0.3) is 0 Å². The fourth-order valence-electron chi connectivity index (χ4n) is 3.54. The average Bonchev–Trinajstić information content (AvgIpc) is 2.74. The number of amides is 3. The van der Waals surface area contributed by atoms with Gasteiger partial charge in [0.15, 0.2) is 0 Å². The van der Waals surface area contributed by atoms with Crippen molar-refractivity contribution in [3.8, 4) is 5.75 Å². The minimum Gasteiger partial charge on any atom is -0.489 e. The predicted molar refractivity (Wildman–Crippen MR) is 104 cm³/mol. The van der Waals surface area contributed by atoms with Crippen LogP contribution in [0.3, 0.4) is 0 Å². The molecular formula is C20H29N3O5. The van der Waals surface area contributed by atoms with Crippen molar-refractivity contribution >= 4 is 17.6 Å². The smallest absolute Gasteiger partial charge is 0.321 e. The van der Waals surface area contributed by atoms with Crippen molar-refractivity contribution in [1.82, 2.24) is 10.4 Å². The molecule has 154 valence electrons. The number of nitrogens with one attached hydrogen (secondary N) is 2. The van der Waals surface area contributed by atoms with Gasteiger partial charge in [0.2, 0.25) is 5.91 Å². The van der Waals surface area contributed by atoms with Crippen LogP contribution >= 0.6 is 0 Å². The molecule has 1 aromatic carbocycles. The summed E-state index contributed by atoms with van der Waals surface area (Å²) in [7, 11) is 1.42. The van der Waals surface area contributed by atoms with E-state index in [0.717, 1.165) is 25.9 Å². The molecule has 8 heteroatoms. The Morgan fingerprint density at radius 3 is 2.68 bits per heavy atom. The van der Waals surface area contributed by atoms with E-state index in [-0.39, 0.29) is 24.0 Å². The van der Waals surface area contributed by atoms with Crippen LogP contribution in [0.5, 0.6) is 5.75 Å². The molecule has 2 fully saturated rings. The second kappa shape index (κ2) is 10.3. The van der Waals surface area contributed by atoms with E-state index in [0.29, 0.717) is 44.0 Å². The van der Waals surface area contributed by atoms with Crippen LogP contribution in [0.4, 0.5) is 10.5 Å². The van der Waals surface area contributed by atoms with Crippen LogP contribution in [0.15, 0.2) is 24.3 Å². The molecule has 1 atom stereocenters. The number of hydrogen-bond donors (Lipinski definition) is 2. The Labute approximate surface area is 165 Å². The molecule has 0 bridgehead atoms. The summed E-state index contributed by atoms with van der Waals surface area (Å²) in [6, 6.07) is 7.23. The van der Waals surface area contributed by atoms with Crippen LogP contribution < -0.4 is 15.5 Å². The van der Waals surface area contributed by atoms with E-state index in [4.69, 9.17) is 9.47 Å². The van der Waals surface area contributed by atoms with Crippen molar-refractivity contribution in [3.63, 3.8) is 0 Å². The van der Waals surface area contributed by atoms with Crippen LogP contribution in [-0.4, -0.2) is 56.4 Å². The van der Waals surface area contributed by atoms with E-state index in [9.17, 15) is 9.59 Å². The third kappa shape index (κ3) is 5.59. The summed E-state index contributed by atoms with van der Waals surface area (Å²) in [4.78, 5) is 30.9. The van der Waals surface area contributed by atoms with Gasteiger partial charge in [0.05, 0.1) is 18.9 Å². The summed E-state index contributed by atoms with van der Waals surface area (Å²) in [5, 5.41) is 2.93. The lowest BCUT2D eigenvalue weighted by Gasteiger charge is -2.31. The molecule has 0 saturated carbocycles. The van der Waals surface area contributed by atoms with Crippen LogP contribution in [0.1, 0.15) is 32.1 Å². The lowest BCUT2D eigenvalue weighted by Crippen LogP contribution is -2.44. The third-order valence-corrected chi connectivity index (χ3v) is 5.18. The number of carbonyl (C=O) groups excluding carboxylic acids is 2. The first-order chi connectivity index (χ1) is 13.7. The van der Waals surface area contributed by atoms with Crippen molar-refractivity contribution < 1.29 is 23.9 Å². The summed E-state index contributed by atoms with van der Waals surface area (Å²) in [6.07, 6.45) is 4.59. The van der Waals surface area contributed by atoms with Gasteiger partial charge in [0, 0.05) is 25.6 Å². The van der Waals surface area contributed by atoms with E-state index >= 15 is 0 Å². The Kier molecular flexibility index (Phi) is 7.50. The number of likely N-dealkylation sites (tertiary alicyclic amines) is 1. The van der Waals surface area contributed by atoms with Gasteiger partial charge in [-0.3, -0.25) is 9.63 Å². The first-order valence-electron chi connectivity index (χ1n) is 9.89. The molecule has 0 spiro atoms. The lowest BCUT2D eigenvalue weighted by molar-refractivity contribution is -0.136. The largest absolute Gasteiger partial charge is 0.489 e. The molecule has 28 heavy (non-hydrogen) atoms. The molecular weight excluding hydrogens is 362 g/mol. The van der Waals surface area contributed by atoms with E-state index < -0.39 is 0 Å². The Morgan fingerprint density at radius 2 is 1.96 bits per heavy atom. The number of piperidine rings is 1. The molecule has 1 aromatic rings. The molecule has 3 rings (SSSR count). The van der Waals surface area contributed by atoms with Gasteiger partial charge in [-0.2, -0.15) is 0 Å². The summed E-state index contributed by atoms with van der Waals surface area (Å²) in [6.45, 7) is 2.30. The van der Waals surface area contributed by atoms with Gasteiger partial charge < -0.3 is 19.7 Å². The van der Waals surface area contributed by atoms with Gasteiger partial charge in [0.1, 0.15) is 12.4 Å². The van der Waals surface area contributed by atoms with Crippen LogP contribution in [-0.2, 0) is 14.4 Å². The predicted octanol–water partition coefficient (Wildman–Crippen LogP) is 2.56. The molecule has 2 aliphatic rings. The number of nitrogens with zero attached hydrogens (tertiary/aromatic N) is 1. The van der Waals surface area contributed by atoms with E-state index in [1.807, 2.05) is 24.3 Å². The highest BCUT2D eigenvalue weighted by Gasteiger charge is 2.27. The zero-order valence-corrected chi connectivity index (χ0v) is 16.3. The number of hydrogen-bond acceptors (Lipinski definition) is 5. The van der Waals surface area contributed by atoms with Crippen LogP contribution in [0.2, 0.25) is 0 Å². The van der Waals surface area contributed by atoms with Crippen LogP contribution in [0, 0.1) is 5.92 Å². The lowest BCUT2D eigenvalue weighted by atomic mass is 9.96. The maximum atomic E-state index is 12.6. The number of rotatable bonds is 6. The number of hydroxylamine groups is 1. The number of anilines is 1. The fourth-order valence-corrected chi connectivity index (χ4v) is 3.54. The zero-order chi connectivity index (χ0) is 19.8. The third-order valence-electron chi connectivity index (χ3n) is 5.18. The van der Waals surface area contributed by atoms with Crippen molar-refractivity contribution in [2.75, 3.05) is 38.7 Å². The second-order valence-corrected chi connectivity index (χ2v) is 7.16. The summed E-state index contributed by atoms with van der Waals surface area (Å²) in [5.74, 6) is 0.376. The Morgan fingerprint density at radius 1 is 1.18 bits per heavy atom. The highest BCUT2D eigenvalue weighted by molar-refractivity contribution is 5.91. The van der Waals surface area contributed by atoms with Gasteiger partial charge in [-0.1, -0.05) is 12.1 Å². The normalized spacial score (nSPS) is 20.5. The molecule has 2 saturated heterocycles. The molecule has 2 aliphatic heterocycles. The van der Waals surface area contributed by atoms with Gasteiger partial charge in [-0.05, 0) is 44.2 Å². The monoisotopic (exact) mass is 391 g/mol. The first kappa shape index (κ1) is 20.4. The minimum absolute atomic E-state index is 0.106. The first-order valence-corrected chi connectivity index (χ1v) is 9.89. The Bertz CT molecular complexity index is 655. The molecule has 2 heterocycles. The topological polar surface area (TPSA) is 89.1 Å². The van der Waals surface area contributed by atoms with Crippen molar-refractivity contribution in [2.24, 2.45) is 5.92 Å². The zero-order valence-electron chi connectivity index (χ0n) is 16.3. The van der Waals surface area contributed by atoms with E-state index in [2.05, 4.69) is 15.6 Å². The maximum Gasteiger partial charge on any atom is 0.321 e. The van der Waals surface area contributed by atoms with Gasteiger partial charge >= 0.3 is 6.03 Å². The molecule has 8 nitrogen and oxygen atoms in total. The number of ether oxygens (including phenoxy) is 2. The standard InChI is InChI=1S/C20H29N3O5/c1-26-22-19(24)15-9-11-23(12-10-15)20(25)21-17-7-2-3-8-18(17)28-14-16-6-4-5-13-27-16/h2-3,7-8,15-16H,4-6,9-14H2,1H3,(H,21,25)(H,22,24). The molecule has 1 unspecified atom stereocenters. The number of para-hydroxylation sites is 2. The molecule has 3 amide bonds. The fraction of sp³-hybridized carbons (Fsp3) is 0.600. The SMILES string of the molecule is CONC(=O)C1CCN(C(=O)Nc2ccccc2OCC2CCCCO2)CC1. The maximum absolute atomic E-state index is 12.6. The highest BCUT2D eigenvalue weighted by Crippen LogP contribution is 2.26. The summed E-state index contributed by atoms with van der Waals surface area (Å²) in [5.41, 5.74) is 3.00. The molecule has 2 N–H and O–H groups in total. The van der Waals surface area contributed by atoms with Crippen molar-refractivity contribution in [2.45, 2.75) is 38.2 Å². The Balaban J connectivity index is 1.51. The molecule has 0 aliphatic carbocycles. The average molecular weight is 391 g/mol.